The fourth-order valence-corrected chi connectivity index (χ4v) is 3.26. The first kappa shape index (κ1) is 25.3. The van der Waals surface area contributed by atoms with Gasteiger partial charge in [0.15, 0.2) is 11.5 Å². The Labute approximate surface area is 185 Å². The SMILES string of the molecule is CCS(=O)(=O)Oc1cc(CN(C(=O)Nc2cccc(C(F)(F)F)c2)C(C)C)ccc1OC. The maximum Gasteiger partial charge on any atom is 0.416 e. The van der Waals surface area contributed by atoms with Gasteiger partial charge >= 0.3 is 22.3 Å². The number of carbonyl (C=O) groups is 1. The number of halogens is 3. The van der Waals surface area contributed by atoms with Gasteiger partial charge in [-0.1, -0.05) is 12.1 Å². The van der Waals surface area contributed by atoms with Crippen LogP contribution >= 0.6 is 0 Å². The second-order valence-electron chi connectivity index (χ2n) is 7.15. The van der Waals surface area contributed by atoms with Crippen molar-refractivity contribution in [1.82, 2.24) is 4.90 Å². The molecule has 0 saturated heterocycles. The third-order valence-electron chi connectivity index (χ3n) is 4.48. The number of anilines is 1. The first-order valence-electron chi connectivity index (χ1n) is 9.70. The van der Waals surface area contributed by atoms with Crippen LogP contribution in [0.25, 0.3) is 0 Å². The summed E-state index contributed by atoms with van der Waals surface area (Å²) in [7, 11) is -2.44. The molecule has 0 fully saturated rings. The van der Waals surface area contributed by atoms with Gasteiger partial charge in [-0.3, -0.25) is 0 Å². The molecule has 0 heterocycles. The van der Waals surface area contributed by atoms with Gasteiger partial charge in [0, 0.05) is 18.3 Å². The van der Waals surface area contributed by atoms with Crippen LogP contribution < -0.4 is 14.2 Å². The highest BCUT2D eigenvalue weighted by Gasteiger charge is 2.30. The summed E-state index contributed by atoms with van der Waals surface area (Å²) in [6.45, 7) is 4.97. The molecule has 0 aliphatic carbocycles. The quantitative estimate of drug-likeness (QED) is 0.551. The molecule has 0 unspecified atom stereocenters. The number of amides is 2. The second-order valence-corrected chi connectivity index (χ2v) is 9.00. The molecule has 11 heteroatoms. The fourth-order valence-electron chi connectivity index (χ4n) is 2.73. The lowest BCUT2D eigenvalue weighted by Gasteiger charge is -2.27. The van der Waals surface area contributed by atoms with Gasteiger partial charge in [0.05, 0.1) is 18.4 Å². The number of ether oxygens (including phenoxy) is 1. The van der Waals surface area contributed by atoms with Gasteiger partial charge in [-0.05, 0) is 56.7 Å². The number of methoxy groups -OCH3 is 1. The van der Waals surface area contributed by atoms with E-state index >= 15 is 0 Å². The third-order valence-corrected chi connectivity index (χ3v) is 5.62. The van der Waals surface area contributed by atoms with E-state index in [0.29, 0.717) is 5.56 Å². The van der Waals surface area contributed by atoms with Crippen molar-refractivity contribution in [3.8, 4) is 11.5 Å². The summed E-state index contributed by atoms with van der Waals surface area (Å²) in [5.41, 5.74) is -0.330. The van der Waals surface area contributed by atoms with Gasteiger partial charge in [0.25, 0.3) is 0 Å². The second kappa shape index (κ2) is 10.1. The lowest BCUT2D eigenvalue weighted by atomic mass is 10.1. The Kier molecular flexibility index (Phi) is 8.00. The van der Waals surface area contributed by atoms with Crippen molar-refractivity contribution in [2.45, 2.75) is 39.5 Å². The van der Waals surface area contributed by atoms with E-state index in [1.165, 1.54) is 43.2 Å². The summed E-state index contributed by atoms with van der Waals surface area (Å²) in [5, 5.41) is 2.48. The van der Waals surface area contributed by atoms with Gasteiger partial charge < -0.3 is 19.1 Å². The van der Waals surface area contributed by atoms with E-state index in [1.807, 2.05) is 0 Å². The van der Waals surface area contributed by atoms with Crippen LogP contribution in [0.4, 0.5) is 23.7 Å². The molecule has 2 aromatic carbocycles. The minimum Gasteiger partial charge on any atom is -0.493 e. The zero-order chi connectivity index (χ0) is 24.1. The molecular formula is C21H25F3N2O5S. The number of rotatable bonds is 8. The number of carbonyl (C=O) groups excluding carboxylic acids is 1. The van der Waals surface area contributed by atoms with E-state index in [4.69, 9.17) is 8.92 Å². The lowest BCUT2D eigenvalue weighted by molar-refractivity contribution is -0.137. The van der Waals surface area contributed by atoms with Gasteiger partial charge in [-0.15, -0.1) is 0 Å². The summed E-state index contributed by atoms with van der Waals surface area (Å²) in [6.07, 6.45) is -4.53. The molecule has 0 spiro atoms. The minimum atomic E-state index is -4.53. The van der Waals surface area contributed by atoms with E-state index in [1.54, 1.807) is 19.9 Å². The topological polar surface area (TPSA) is 84.9 Å². The van der Waals surface area contributed by atoms with Gasteiger partial charge in [0.1, 0.15) is 0 Å². The minimum absolute atomic E-state index is 0.00303. The van der Waals surface area contributed by atoms with Crippen molar-refractivity contribution in [1.29, 1.82) is 0 Å². The number of nitrogens with one attached hydrogen (secondary N) is 1. The van der Waals surface area contributed by atoms with Crippen LogP contribution in [-0.2, 0) is 22.8 Å². The predicted octanol–water partition coefficient (Wildman–Crippen LogP) is 4.89. The van der Waals surface area contributed by atoms with Gasteiger partial charge in [-0.2, -0.15) is 21.6 Å². The molecule has 0 aliphatic rings. The summed E-state index contributed by atoms with van der Waals surface area (Å²) >= 11 is 0. The smallest absolute Gasteiger partial charge is 0.416 e. The van der Waals surface area contributed by atoms with E-state index in [0.717, 1.165) is 12.1 Å². The number of benzene rings is 2. The number of alkyl halides is 3. The maximum atomic E-state index is 12.9. The molecule has 176 valence electrons. The van der Waals surface area contributed by atoms with Crippen LogP contribution in [0, 0.1) is 0 Å². The zero-order valence-electron chi connectivity index (χ0n) is 18.1. The standard InChI is InChI=1S/C21H25F3N2O5S/c1-5-32(28,29)31-19-11-15(9-10-18(19)30-4)13-26(14(2)3)20(27)25-17-8-6-7-16(12-17)21(22,23)24/h6-12,14H,5,13H2,1-4H3,(H,25,27). The van der Waals surface area contributed by atoms with Crippen LogP contribution in [-0.4, -0.2) is 38.3 Å². The first-order chi connectivity index (χ1) is 14.9. The predicted molar refractivity (Wildman–Crippen MR) is 114 cm³/mol. The highest BCUT2D eigenvalue weighted by molar-refractivity contribution is 7.87. The molecule has 0 aromatic heterocycles. The summed E-state index contributed by atoms with van der Waals surface area (Å²) < 4.78 is 72.7. The summed E-state index contributed by atoms with van der Waals surface area (Å²) in [5.74, 6) is -0.0538. The lowest BCUT2D eigenvalue weighted by Crippen LogP contribution is -2.39. The first-order valence-corrected chi connectivity index (χ1v) is 11.3. The molecule has 1 N–H and O–H groups in total. The molecule has 32 heavy (non-hydrogen) atoms. The van der Waals surface area contributed by atoms with Crippen molar-refractivity contribution in [2.75, 3.05) is 18.2 Å². The van der Waals surface area contributed by atoms with Crippen molar-refractivity contribution >= 4 is 21.8 Å². The van der Waals surface area contributed by atoms with Crippen molar-refractivity contribution in [3.63, 3.8) is 0 Å². The largest absolute Gasteiger partial charge is 0.493 e. The van der Waals surface area contributed by atoms with Crippen molar-refractivity contribution < 1.29 is 35.3 Å². The zero-order valence-corrected chi connectivity index (χ0v) is 18.9. The van der Waals surface area contributed by atoms with Crippen LogP contribution in [0.15, 0.2) is 42.5 Å². The average Bonchev–Trinajstić information content (AvgIpc) is 2.71. The number of urea groups is 1. The average molecular weight is 475 g/mol. The van der Waals surface area contributed by atoms with E-state index in [-0.39, 0.29) is 35.5 Å². The Balaban J connectivity index is 2.26. The Morgan fingerprint density at radius 3 is 2.38 bits per heavy atom. The van der Waals surface area contributed by atoms with Crippen molar-refractivity contribution in [3.05, 3.63) is 53.6 Å². The maximum absolute atomic E-state index is 12.9. The Bertz CT molecular complexity index is 1060. The summed E-state index contributed by atoms with van der Waals surface area (Å²) in [6, 6.07) is 8.00. The van der Waals surface area contributed by atoms with E-state index in [9.17, 15) is 26.4 Å². The fraction of sp³-hybridized carbons (Fsp3) is 0.381. The summed E-state index contributed by atoms with van der Waals surface area (Å²) in [4.78, 5) is 14.2. The molecule has 2 rings (SSSR count). The number of hydrogen-bond donors (Lipinski definition) is 1. The highest BCUT2D eigenvalue weighted by Crippen LogP contribution is 2.32. The van der Waals surface area contributed by atoms with Crippen LogP contribution in [0.2, 0.25) is 0 Å². The molecule has 0 saturated carbocycles. The number of nitrogens with zero attached hydrogens (tertiary/aromatic N) is 1. The van der Waals surface area contributed by atoms with E-state index in [2.05, 4.69) is 5.32 Å². The van der Waals surface area contributed by atoms with Gasteiger partial charge in [-0.25, -0.2) is 4.79 Å². The molecule has 0 atom stereocenters. The molecule has 7 nitrogen and oxygen atoms in total. The van der Waals surface area contributed by atoms with Crippen LogP contribution in [0.3, 0.4) is 0 Å². The molecule has 2 amide bonds. The Morgan fingerprint density at radius 1 is 1.12 bits per heavy atom. The normalized spacial score (nSPS) is 11.9. The Morgan fingerprint density at radius 2 is 1.81 bits per heavy atom. The molecule has 0 bridgehead atoms. The molecule has 2 aromatic rings. The Hall–Kier alpha value is -2.95. The molecule has 0 aliphatic heterocycles. The highest BCUT2D eigenvalue weighted by atomic mass is 32.2. The monoisotopic (exact) mass is 474 g/mol. The molecule has 0 radical (unpaired) electrons. The van der Waals surface area contributed by atoms with Crippen LogP contribution in [0.1, 0.15) is 31.9 Å². The van der Waals surface area contributed by atoms with E-state index < -0.39 is 27.9 Å². The van der Waals surface area contributed by atoms with Gasteiger partial charge in [0.2, 0.25) is 0 Å². The van der Waals surface area contributed by atoms with Crippen LogP contribution in [0.5, 0.6) is 11.5 Å². The molecular weight excluding hydrogens is 449 g/mol. The number of hydrogen-bond acceptors (Lipinski definition) is 5. The third kappa shape index (κ3) is 6.78. The van der Waals surface area contributed by atoms with Crippen molar-refractivity contribution in [2.24, 2.45) is 0 Å².